The average Bonchev–Trinajstić information content (AvgIpc) is 3.21. The largest absolute Gasteiger partial charge is 0.396 e. The number of carbonyl (C=O) groups is 1. The Morgan fingerprint density at radius 2 is 2.21 bits per heavy atom. The molecular weight excluding hydrogens is 302 g/mol. The summed E-state index contributed by atoms with van der Waals surface area (Å²) in [6.07, 6.45) is 8.51. The van der Waals surface area contributed by atoms with Crippen molar-refractivity contribution in [1.29, 1.82) is 0 Å². The zero-order valence-corrected chi connectivity index (χ0v) is 14.0. The quantitative estimate of drug-likeness (QED) is 0.615. The number of para-hydroxylation sites is 1. The van der Waals surface area contributed by atoms with E-state index < -0.39 is 0 Å². The third-order valence-electron chi connectivity index (χ3n) is 4.67. The van der Waals surface area contributed by atoms with E-state index in [4.69, 9.17) is 5.11 Å². The SMILES string of the molecule is CCc1cccc2c(CCNC(=O)N[C@@H]3C=C[C@H](CO)C3)c[nH]c12. The van der Waals surface area contributed by atoms with Crippen LogP contribution in [0.3, 0.4) is 0 Å². The molecule has 0 aliphatic heterocycles. The molecular formula is C19H25N3O2. The molecule has 4 N–H and O–H groups in total. The minimum absolute atomic E-state index is 0.0161. The molecule has 1 aliphatic carbocycles. The van der Waals surface area contributed by atoms with Gasteiger partial charge >= 0.3 is 6.03 Å². The zero-order chi connectivity index (χ0) is 16.9. The molecule has 0 saturated carbocycles. The molecule has 1 aromatic heterocycles. The van der Waals surface area contributed by atoms with Gasteiger partial charge in [0.1, 0.15) is 0 Å². The summed E-state index contributed by atoms with van der Waals surface area (Å²) >= 11 is 0. The van der Waals surface area contributed by atoms with Crippen molar-refractivity contribution in [3.63, 3.8) is 0 Å². The molecule has 5 heteroatoms. The summed E-state index contributed by atoms with van der Waals surface area (Å²) in [6, 6.07) is 6.21. The van der Waals surface area contributed by atoms with Crippen molar-refractivity contribution in [2.75, 3.05) is 13.2 Å². The van der Waals surface area contributed by atoms with Crippen LogP contribution in [0, 0.1) is 5.92 Å². The molecule has 2 atom stereocenters. The van der Waals surface area contributed by atoms with Crippen molar-refractivity contribution in [2.24, 2.45) is 5.92 Å². The summed E-state index contributed by atoms with van der Waals surface area (Å²) < 4.78 is 0. The van der Waals surface area contributed by atoms with E-state index >= 15 is 0 Å². The summed E-state index contributed by atoms with van der Waals surface area (Å²) in [6.45, 7) is 2.88. The number of aromatic amines is 1. The summed E-state index contributed by atoms with van der Waals surface area (Å²) in [5.41, 5.74) is 3.74. The van der Waals surface area contributed by atoms with Crippen LogP contribution in [0.4, 0.5) is 4.79 Å². The molecule has 2 aromatic rings. The van der Waals surface area contributed by atoms with Gasteiger partial charge in [-0.15, -0.1) is 0 Å². The molecule has 2 amide bonds. The van der Waals surface area contributed by atoms with Crippen LogP contribution in [-0.4, -0.2) is 35.3 Å². The van der Waals surface area contributed by atoms with Gasteiger partial charge in [-0.05, 0) is 30.4 Å². The highest BCUT2D eigenvalue weighted by Gasteiger charge is 2.19. The van der Waals surface area contributed by atoms with Gasteiger partial charge < -0.3 is 20.7 Å². The molecule has 1 aliphatic rings. The third-order valence-corrected chi connectivity index (χ3v) is 4.67. The summed E-state index contributed by atoms with van der Waals surface area (Å²) in [5, 5.41) is 16.2. The van der Waals surface area contributed by atoms with Crippen LogP contribution in [0.2, 0.25) is 0 Å². The fourth-order valence-electron chi connectivity index (χ4n) is 3.32. The summed E-state index contributed by atoms with van der Waals surface area (Å²) in [5.74, 6) is 0.161. The lowest BCUT2D eigenvalue weighted by Crippen LogP contribution is -2.41. The minimum Gasteiger partial charge on any atom is -0.396 e. The number of aryl methyl sites for hydroxylation is 1. The number of nitrogens with one attached hydrogen (secondary N) is 3. The molecule has 128 valence electrons. The lowest BCUT2D eigenvalue weighted by Gasteiger charge is -2.13. The molecule has 0 radical (unpaired) electrons. The molecule has 1 aromatic carbocycles. The van der Waals surface area contributed by atoms with Gasteiger partial charge in [0.05, 0.1) is 0 Å². The molecule has 1 heterocycles. The number of rotatable bonds is 6. The van der Waals surface area contributed by atoms with Crippen LogP contribution >= 0.6 is 0 Å². The van der Waals surface area contributed by atoms with E-state index in [1.807, 2.05) is 18.3 Å². The lowest BCUT2D eigenvalue weighted by atomic mass is 10.1. The van der Waals surface area contributed by atoms with Gasteiger partial charge in [-0.3, -0.25) is 0 Å². The van der Waals surface area contributed by atoms with E-state index in [0.717, 1.165) is 19.3 Å². The Bertz CT molecular complexity index is 735. The van der Waals surface area contributed by atoms with E-state index in [-0.39, 0.29) is 24.6 Å². The molecule has 5 nitrogen and oxygen atoms in total. The van der Waals surface area contributed by atoms with Gasteiger partial charge in [0, 0.05) is 42.2 Å². The lowest BCUT2D eigenvalue weighted by molar-refractivity contribution is 0.231. The molecule has 0 spiro atoms. The van der Waals surface area contributed by atoms with E-state index in [0.29, 0.717) is 6.54 Å². The average molecular weight is 327 g/mol. The first-order valence-corrected chi connectivity index (χ1v) is 8.62. The van der Waals surface area contributed by atoms with Crippen LogP contribution in [0.1, 0.15) is 24.5 Å². The van der Waals surface area contributed by atoms with Crippen LogP contribution in [-0.2, 0) is 12.8 Å². The number of benzene rings is 1. The second-order valence-corrected chi connectivity index (χ2v) is 6.33. The highest BCUT2D eigenvalue weighted by molar-refractivity contribution is 5.86. The van der Waals surface area contributed by atoms with Crippen LogP contribution in [0.25, 0.3) is 10.9 Å². The Labute approximate surface area is 142 Å². The van der Waals surface area contributed by atoms with Gasteiger partial charge in [0.2, 0.25) is 0 Å². The highest BCUT2D eigenvalue weighted by Crippen LogP contribution is 2.22. The van der Waals surface area contributed by atoms with E-state index in [9.17, 15) is 4.79 Å². The maximum Gasteiger partial charge on any atom is 0.315 e. The Kier molecular flexibility index (Phi) is 5.20. The predicted octanol–water partition coefficient (Wildman–Crippen LogP) is 2.51. The smallest absolute Gasteiger partial charge is 0.315 e. The Morgan fingerprint density at radius 1 is 1.33 bits per heavy atom. The van der Waals surface area contributed by atoms with E-state index in [1.54, 1.807) is 0 Å². The van der Waals surface area contributed by atoms with Gasteiger partial charge in [0.25, 0.3) is 0 Å². The van der Waals surface area contributed by atoms with E-state index in [1.165, 1.54) is 22.0 Å². The van der Waals surface area contributed by atoms with Crippen molar-refractivity contribution in [1.82, 2.24) is 15.6 Å². The second-order valence-electron chi connectivity index (χ2n) is 6.33. The van der Waals surface area contributed by atoms with Gasteiger partial charge in [0.15, 0.2) is 0 Å². The maximum atomic E-state index is 12.0. The Morgan fingerprint density at radius 3 is 2.96 bits per heavy atom. The van der Waals surface area contributed by atoms with Gasteiger partial charge in [-0.2, -0.15) is 0 Å². The number of aliphatic hydroxyl groups excluding tert-OH is 1. The topological polar surface area (TPSA) is 77.2 Å². The molecule has 3 rings (SSSR count). The number of amides is 2. The normalized spacial score (nSPS) is 19.8. The fourth-order valence-corrected chi connectivity index (χ4v) is 3.32. The number of urea groups is 1. The minimum atomic E-state index is -0.155. The first-order chi connectivity index (χ1) is 11.7. The molecule has 0 saturated heterocycles. The van der Waals surface area contributed by atoms with Crippen molar-refractivity contribution in [3.05, 3.63) is 47.7 Å². The standard InChI is InChI=1S/C19H25N3O2/c1-2-14-4-3-5-17-15(11-21-18(14)17)8-9-20-19(24)22-16-7-6-13(10-16)12-23/h3-7,11,13,16,21,23H,2,8-10,12H2,1H3,(H2,20,22,24)/t13-,16+/m0/s1. The zero-order valence-electron chi connectivity index (χ0n) is 14.0. The van der Waals surface area contributed by atoms with Crippen LogP contribution < -0.4 is 10.6 Å². The summed E-state index contributed by atoms with van der Waals surface area (Å²) in [4.78, 5) is 15.3. The molecule has 0 fully saturated rings. The Hall–Kier alpha value is -2.27. The summed E-state index contributed by atoms with van der Waals surface area (Å²) in [7, 11) is 0. The predicted molar refractivity (Wildman–Crippen MR) is 96.0 cm³/mol. The maximum absolute atomic E-state index is 12.0. The number of hydrogen-bond donors (Lipinski definition) is 4. The number of aliphatic hydroxyl groups is 1. The fraction of sp³-hybridized carbons (Fsp3) is 0.421. The first kappa shape index (κ1) is 16.6. The van der Waals surface area contributed by atoms with E-state index in [2.05, 4.69) is 40.7 Å². The first-order valence-electron chi connectivity index (χ1n) is 8.62. The van der Waals surface area contributed by atoms with Crippen molar-refractivity contribution in [2.45, 2.75) is 32.2 Å². The number of fused-ring (bicyclic) bond motifs is 1. The van der Waals surface area contributed by atoms with Crippen molar-refractivity contribution in [3.8, 4) is 0 Å². The van der Waals surface area contributed by atoms with Crippen molar-refractivity contribution >= 4 is 16.9 Å². The number of carbonyl (C=O) groups excluding carboxylic acids is 1. The van der Waals surface area contributed by atoms with Crippen molar-refractivity contribution < 1.29 is 9.90 Å². The highest BCUT2D eigenvalue weighted by atomic mass is 16.3. The van der Waals surface area contributed by atoms with Crippen LogP contribution in [0.5, 0.6) is 0 Å². The number of aromatic nitrogens is 1. The monoisotopic (exact) mass is 327 g/mol. The third kappa shape index (κ3) is 3.62. The van der Waals surface area contributed by atoms with Gasteiger partial charge in [-0.25, -0.2) is 4.79 Å². The number of H-pyrrole nitrogens is 1. The molecule has 0 unspecified atom stereocenters. The molecule has 24 heavy (non-hydrogen) atoms. The second kappa shape index (κ2) is 7.53. The molecule has 0 bridgehead atoms. The van der Waals surface area contributed by atoms with Crippen LogP contribution in [0.15, 0.2) is 36.5 Å². The number of hydrogen-bond acceptors (Lipinski definition) is 2. The van der Waals surface area contributed by atoms with Gasteiger partial charge in [-0.1, -0.05) is 37.3 Å². The Balaban J connectivity index is 1.50.